The monoisotopic (exact) mass is 229 g/mol. The van der Waals surface area contributed by atoms with Crippen molar-refractivity contribution in [1.82, 2.24) is 0 Å². The zero-order chi connectivity index (χ0) is 11.9. The summed E-state index contributed by atoms with van der Waals surface area (Å²) in [6.45, 7) is 2.16. The first-order valence-electron chi connectivity index (χ1n) is 7.02. The van der Waals surface area contributed by atoms with E-state index in [-0.39, 0.29) is 5.54 Å². The number of benzene rings is 1. The van der Waals surface area contributed by atoms with E-state index in [0.717, 1.165) is 18.3 Å². The Morgan fingerprint density at radius 2 is 2.06 bits per heavy atom. The number of hydrogen-bond donors (Lipinski definition) is 1. The fraction of sp³-hybridized carbons (Fsp3) is 0.625. The predicted octanol–water partition coefficient (Wildman–Crippen LogP) is 3.45. The molecule has 2 aliphatic carbocycles. The highest BCUT2D eigenvalue weighted by Crippen LogP contribution is 2.53. The molecule has 0 bridgehead atoms. The molecule has 0 amide bonds. The molecule has 0 radical (unpaired) electrons. The molecule has 0 heterocycles. The van der Waals surface area contributed by atoms with Crippen molar-refractivity contribution in [3.05, 3.63) is 35.4 Å². The van der Waals surface area contributed by atoms with Crippen LogP contribution in [0.15, 0.2) is 24.3 Å². The minimum absolute atomic E-state index is 0.128. The smallest absolute Gasteiger partial charge is 0.0230 e. The van der Waals surface area contributed by atoms with Crippen LogP contribution in [0.5, 0.6) is 0 Å². The summed E-state index contributed by atoms with van der Waals surface area (Å²) in [5.74, 6) is 1.75. The van der Waals surface area contributed by atoms with Crippen LogP contribution in [0, 0.1) is 18.8 Å². The average molecular weight is 229 g/mol. The molecule has 0 aliphatic heterocycles. The molecule has 92 valence electrons. The molecule has 1 aromatic carbocycles. The summed E-state index contributed by atoms with van der Waals surface area (Å²) in [6.07, 6.45) is 8.06. The quantitative estimate of drug-likeness (QED) is 0.844. The molecule has 3 rings (SSSR count). The van der Waals surface area contributed by atoms with Gasteiger partial charge in [-0.3, -0.25) is 0 Å². The molecule has 0 saturated heterocycles. The largest absolute Gasteiger partial charge is 0.325 e. The molecular weight excluding hydrogens is 206 g/mol. The molecule has 1 aromatic rings. The van der Waals surface area contributed by atoms with Gasteiger partial charge in [0.1, 0.15) is 0 Å². The summed E-state index contributed by atoms with van der Waals surface area (Å²) in [5, 5.41) is 0. The van der Waals surface area contributed by atoms with Crippen LogP contribution in [-0.4, -0.2) is 5.54 Å². The summed E-state index contributed by atoms with van der Waals surface area (Å²) in [6, 6.07) is 8.83. The second-order valence-corrected chi connectivity index (χ2v) is 6.25. The predicted molar refractivity (Wildman–Crippen MR) is 71.9 cm³/mol. The highest BCUT2D eigenvalue weighted by Gasteiger charge is 2.54. The van der Waals surface area contributed by atoms with Crippen LogP contribution < -0.4 is 5.73 Å². The molecule has 1 heteroatoms. The van der Waals surface area contributed by atoms with E-state index in [9.17, 15) is 0 Å². The van der Waals surface area contributed by atoms with Crippen molar-refractivity contribution in [2.24, 2.45) is 17.6 Å². The summed E-state index contributed by atoms with van der Waals surface area (Å²) < 4.78 is 0. The molecular formula is C16H23N. The molecule has 2 saturated carbocycles. The lowest BCUT2D eigenvalue weighted by Gasteiger charge is -2.16. The Morgan fingerprint density at radius 1 is 1.29 bits per heavy atom. The second-order valence-electron chi connectivity index (χ2n) is 6.25. The highest BCUT2D eigenvalue weighted by molar-refractivity contribution is 5.27. The van der Waals surface area contributed by atoms with E-state index in [1.54, 1.807) is 0 Å². The second kappa shape index (κ2) is 4.13. The SMILES string of the molecule is Cc1cccc(CC2(N)CC2C2CCCC2)c1. The van der Waals surface area contributed by atoms with Gasteiger partial charge in [0.15, 0.2) is 0 Å². The Morgan fingerprint density at radius 3 is 2.76 bits per heavy atom. The van der Waals surface area contributed by atoms with Crippen molar-refractivity contribution in [2.45, 2.75) is 51.0 Å². The van der Waals surface area contributed by atoms with E-state index in [2.05, 4.69) is 31.2 Å². The number of aryl methyl sites for hydroxylation is 1. The van der Waals surface area contributed by atoms with E-state index < -0.39 is 0 Å². The van der Waals surface area contributed by atoms with Crippen molar-refractivity contribution in [3.63, 3.8) is 0 Å². The lowest BCUT2D eigenvalue weighted by atomic mass is 9.94. The maximum atomic E-state index is 6.55. The van der Waals surface area contributed by atoms with Gasteiger partial charge in [0.25, 0.3) is 0 Å². The van der Waals surface area contributed by atoms with Gasteiger partial charge in [0.2, 0.25) is 0 Å². The molecule has 2 aliphatic rings. The third-order valence-corrected chi connectivity index (χ3v) is 4.76. The minimum atomic E-state index is 0.128. The molecule has 2 atom stereocenters. The van der Waals surface area contributed by atoms with Crippen molar-refractivity contribution in [2.75, 3.05) is 0 Å². The van der Waals surface area contributed by atoms with Gasteiger partial charge < -0.3 is 5.73 Å². The van der Waals surface area contributed by atoms with Gasteiger partial charge in [-0.25, -0.2) is 0 Å². The van der Waals surface area contributed by atoms with Gasteiger partial charge in [0, 0.05) is 5.54 Å². The lowest BCUT2D eigenvalue weighted by Crippen LogP contribution is -2.29. The Kier molecular flexibility index (Phi) is 2.74. The number of rotatable bonds is 3. The van der Waals surface area contributed by atoms with Crippen LogP contribution in [0.2, 0.25) is 0 Å². The normalized spacial score (nSPS) is 32.9. The molecule has 2 fully saturated rings. The zero-order valence-corrected chi connectivity index (χ0v) is 10.8. The maximum Gasteiger partial charge on any atom is 0.0230 e. The Hall–Kier alpha value is -0.820. The first kappa shape index (κ1) is 11.3. The topological polar surface area (TPSA) is 26.0 Å². The molecule has 2 unspecified atom stereocenters. The third-order valence-electron chi connectivity index (χ3n) is 4.76. The molecule has 0 aromatic heterocycles. The zero-order valence-electron chi connectivity index (χ0n) is 10.8. The van der Waals surface area contributed by atoms with Gasteiger partial charge in [-0.05, 0) is 37.2 Å². The third kappa shape index (κ3) is 2.26. The van der Waals surface area contributed by atoms with Gasteiger partial charge >= 0.3 is 0 Å². The van der Waals surface area contributed by atoms with E-state index in [0.29, 0.717) is 0 Å². The molecule has 0 spiro atoms. The summed E-state index contributed by atoms with van der Waals surface area (Å²) in [7, 11) is 0. The van der Waals surface area contributed by atoms with Gasteiger partial charge in [0.05, 0.1) is 0 Å². The Labute approximate surface area is 104 Å². The van der Waals surface area contributed by atoms with Gasteiger partial charge in [-0.2, -0.15) is 0 Å². The van der Waals surface area contributed by atoms with Crippen LogP contribution in [0.3, 0.4) is 0 Å². The first-order valence-corrected chi connectivity index (χ1v) is 7.02. The van der Waals surface area contributed by atoms with Crippen LogP contribution in [0.4, 0.5) is 0 Å². The van der Waals surface area contributed by atoms with Crippen LogP contribution in [-0.2, 0) is 6.42 Å². The number of hydrogen-bond acceptors (Lipinski definition) is 1. The van der Waals surface area contributed by atoms with E-state index >= 15 is 0 Å². The fourth-order valence-electron chi connectivity index (χ4n) is 3.75. The van der Waals surface area contributed by atoms with Crippen LogP contribution in [0.25, 0.3) is 0 Å². The van der Waals surface area contributed by atoms with Crippen LogP contribution in [0.1, 0.15) is 43.2 Å². The Bertz CT molecular complexity index is 406. The van der Waals surface area contributed by atoms with Gasteiger partial charge in [-0.1, -0.05) is 55.5 Å². The highest BCUT2D eigenvalue weighted by atomic mass is 14.9. The minimum Gasteiger partial charge on any atom is -0.325 e. The molecule has 1 nitrogen and oxygen atoms in total. The van der Waals surface area contributed by atoms with Crippen molar-refractivity contribution < 1.29 is 0 Å². The first-order chi connectivity index (χ1) is 8.17. The van der Waals surface area contributed by atoms with Crippen molar-refractivity contribution >= 4 is 0 Å². The summed E-state index contributed by atoms with van der Waals surface area (Å²) in [4.78, 5) is 0. The van der Waals surface area contributed by atoms with Gasteiger partial charge in [-0.15, -0.1) is 0 Å². The van der Waals surface area contributed by atoms with E-state index in [1.807, 2.05) is 0 Å². The fourth-order valence-corrected chi connectivity index (χ4v) is 3.75. The standard InChI is InChI=1S/C16H23N/c1-12-5-4-6-13(9-12)10-16(17)11-15(16)14-7-2-3-8-14/h4-6,9,14-15H,2-3,7-8,10-11,17H2,1H3. The summed E-state index contributed by atoms with van der Waals surface area (Å²) >= 11 is 0. The van der Waals surface area contributed by atoms with Crippen molar-refractivity contribution in [3.8, 4) is 0 Å². The van der Waals surface area contributed by atoms with E-state index in [1.165, 1.54) is 43.2 Å². The maximum absolute atomic E-state index is 6.55. The number of nitrogens with two attached hydrogens (primary N) is 1. The average Bonchev–Trinajstić information content (AvgIpc) is 2.76. The lowest BCUT2D eigenvalue weighted by molar-refractivity contribution is 0.421. The molecule has 2 N–H and O–H groups in total. The molecule has 17 heavy (non-hydrogen) atoms. The van der Waals surface area contributed by atoms with Crippen molar-refractivity contribution in [1.29, 1.82) is 0 Å². The summed E-state index contributed by atoms with van der Waals surface area (Å²) in [5.41, 5.74) is 9.46. The van der Waals surface area contributed by atoms with E-state index in [4.69, 9.17) is 5.73 Å². The Balaban J connectivity index is 1.66. The van der Waals surface area contributed by atoms with Crippen LogP contribution >= 0.6 is 0 Å².